The number of nitrogens with two attached hydrogens (primary N) is 4. The minimum absolute atomic E-state index is 0.00566. The highest BCUT2D eigenvalue weighted by atomic mass is 16.4. The van der Waals surface area contributed by atoms with Gasteiger partial charge in [-0.25, -0.2) is 0 Å². The molecule has 0 saturated carbocycles. The summed E-state index contributed by atoms with van der Waals surface area (Å²) >= 11 is 0. The molecular formula is C62H101N21O22. The number of hydrogen-bond acceptors (Lipinski definition) is 23. The molecule has 0 aliphatic carbocycles. The summed E-state index contributed by atoms with van der Waals surface area (Å²) in [6.45, 7) is 6.93. The molecule has 1 heterocycles. The second kappa shape index (κ2) is 44.4. The van der Waals surface area contributed by atoms with Gasteiger partial charge in [0.25, 0.3) is 0 Å². The highest BCUT2D eigenvalue weighted by Crippen LogP contribution is 2.19. The molecule has 0 unspecified atom stereocenters. The van der Waals surface area contributed by atoms with Crippen LogP contribution in [0.4, 0.5) is 0 Å². The first-order chi connectivity index (χ1) is 49.1. The number of phenolic OH excluding ortho intramolecular Hbond substituents is 1. The van der Waals surface area contributed by atoms with E-state index >= 15 is 0 Å². The molecule has 43 heteroatoms. The number of guanidine groups is 2. The average molecular weight is 1490 g/mol. The number of amides is 14. The minimum Gasteiger partial charge on any atom is -0.508 e. The van der Waals surface area contributed by atoms with E-state index in [0.717, 1.165) is 18.7 Å². The number of likely N-dealkylation sites (tertiary alicyclic amines) is 1. The minimum atomic E-state index is -2.08. The molecule has 1 aliphatic rings. The van der Waals surface area contributed by atoms with Crippen molar-refractivity contribution in [3.8, 4) is 5.75 Å². The van der Waals surface area contributed by atoms with E-state index in [9.17, 15) is 107 Å². The van der Waals surface area contributed by atoms with Crippen LogP contribution in [0.5, 0.6) is 5.75 Å². The van der Waals surface area contributed by atoms with E-state index in [4.69, 9.17) is 33.8 Å². The molecule has 16 atom stereocenters. The number of carboxylic acids is 2. The van der Waals surface area contributed by atoms with E-state index in [1.165, 1.54) is 45.0 Å². The fraction of sp³-hybridized carbons (Fsp3) is 0.613. The van der Waals surface area contributed by atoms with Crippen molar-refractivity contribution in [1.82, 2.24) is 79.3 Å². The lowest BCUT2D eigenvalue weighted by molar-refractivity contribution is -0.142. The third-order valence-corrected chi connectivity index (χ3v) is 16.3. The van der Waals surface area contributed by atoms with Crippen molar-refractivity contribution in [2.75, 3.05) is 32.8 Å². The van der Waals surface area contributed by atoms with Crippen LogP contribution >= 0.6 is 0 Å². The van der Waals surface area contributed by atoms with Gasteiger partial charge in [-0.2, -0.15) is 0 Å². The fourth-order valence-corrected chi connectivity index (χ4v) is 10.0. The first-order valence-electron chi connectivity index (χ1n) is 33.4. The summed E-state index contributed by atoms with van der Waals surface area (Å²) in [5.74, 6) is -19.9. The fourth-order valence-electron chi connectivity index (χ4n) is 10.0. The molecule has 586 valence electrons. The Hall–Kier alpha value is -11.1. The van der Waals surface area contributed by atoms with Gasteiger partial charge in [0.05, 0.1) is 38.2 Å². The number of aliphatic hydroxyl groups is 3. The highest BCUT2D eigenvalue weighted by molar-refractivity contribution is 6.01. The molecule has 1 saturated heterocycles. The van der Waals surface area contributed by atoms with E-state index in [2.05, 4.69) is 63.8 Å². The molecule has 30 N–H and O–H groups in total. The van der Waals surface area contributed by atoms with Gasteiger partial charge in [0.15, 0.2) is 11.9 Å². The second-order valence-electron chi connectivity index (χ2n) is 25.0. The quantitative estimate of drug-likeness (QED) is 0.0164. The van der Waals surface area contributed by atoms with Crippen LogP contribution in [0.2, 0.25) is 0 Å². The monoisotopic (exact) mass is 1490 g/mol. The molecule has 1 fully saturated rings. The predicted octanol–water partition coefficient (Wildman–Crippen LogP) is -10.5. The van der Waals surface area contributed by atoms with Crippen LogP contribution in [0.3, 0.4) is 0 Å². The molecule has 0 aromatic heterocycles. The van der Waals surface area contributed by atoms with Gasteiger partial charge in [0, 0.05) is 26.1 Å². The number of primary amides is 1. The SMILES string of the molecule is CC[C@H](C)[C@H](NC(=O)[C@@H](NC(=O)[C@H](Cc1ccc(O)cc1)NC(=O)[C@H](CCCNC(=N)N)NC(=O)[C@H](CCCNC(=N)N)NC(=O)[C@@H]1CCCN1C(=O)CNC(=O)[C@H](CO)NC(=O)[C@H](CC(=O)O)NC(=O)[C@H](CC(N)=O)NC(=O)[C@H](C)NC(=O)[C@@H](N)[C@@H](C)O)[C@@H](C)O)C(=O)N[C@@H](C)C(=O)N[C@@H](C)C(=O)O. The number of hydrogen-bond donors (Lipinski definition) is 26. The molecule has 14 amide bonds. The van der Waals surface area contributed by atoms with Crippen molar-refractivity contribution < 1.29 is 107 Å². The number of aliphatic carboxylic acids is 2. The molecule has 2 rings (SSSR count). The number of nitrogens with one attached hydrogen (secondary N) is 16. The molecule has 1 aliphatic heterocycles. The Kier molecular flexibility index (Phi) is 38.1. The van der Waals surface area contributed by atoms with E-state index < -0.39 is 229 Å². The summed E-state index contributed by atoms with van der Waals surface area (Å²) < 4.78 is 0. The predicted molar refractivity (Wildman–Crippen MR) is 368 cm³/mol. The van der Waals surface area contributed by atoms with E-state index in [-0.39, 0.29) is 76.8 Å². The summed E-state index contributed by atoms with van der Waals surface area (Å²) in [5.41, 5.74) is 22.1. The van der Waals surface area contributed by atoms with Crippen molar-refractivity contribution in [3.05, 3.63) is 29.8 Å². The van der Waals surface area contributed by atoms with E-state index in [0.29, 0.717) is 5.56 Å². The van der Waals surface area contributed by atoms with Gasteiger partial charge >= 0.3 is 11.9 Å². The number of aliphatic hydroxyl groups excluding tert-OH is 3. The zero-order valence-corrected chi connectivity index (χ0v) is 59.1. The van der Waals surface area contributed by atoms with Crippen LogP contribution < -0.4 is 97.4 Å². The van der Waals surface area contributed by atoms with Gasteiger partial charge in [0.1, 0.15) is 84.3 Å². The maximum Gasteiger partial charge on any atom is 0.325 e. The van der Waals surface area contributed by atoms with E-state index in [1.807, 2.05) is 10.6 Å². The lowest BCUT2D eigenvalue weighted by atomic mass is 9.97. The maximum atomic E-state index is 14.7. The van der Waals surface area contributed by atoms with Crippen molar-refractivity contribution in [3.63, 3.8) is 0 Å². The largest absolute Gasteiger partial charge is 0.508 e. The van der Waals surface area contributed by atoms with Gasteiger partial charge in [-0.3, -0.25) is 87.5 Å². The van der Waals surface area contributed by atoms with Crippen LogP contribution in [0.25, 0.3) is 0 Å². The van der Waals surface area contributed by atoms with E-state index in [1.54, 1.807) is 13.8 Å². The molecular weight excluding hydrogens is 1390 g/mol. The third kappa shape index (κ3) is 31.6. The zero-order chi connectivity index (χ0) is 79.7. The first kappa shape index (κ1) is 90.0. The van der Waals surface area contributed by atoms with Crippen molar-refractivity contribution in [2.24, 2.45) is 28.9 Å². The molecule has 1 aromatic carbocycles. The van der Waals surface area contributed by atoms with Gasteiger partial charge < -0.3 is 133 Å². The van der Waals surface area contributed by atoms with Gasteiger partial charge in [-0.15, -0.1) is 0 Å². The number of carboxylic acid groups (broad SMARTS) is 2. The number of carbonyl (C=O) groups is 16. The van der Waals surface area contributed by atoms with Crippen molar-refractivity contribution in [1.29, 1.82) is 10.8 Å². The van der Waals surface area contributed by atoms with Crippen LogP contribution in [-0.2, 0) is 83.1 Å². The Morgan fingerprint density at radius 2 is 0.971 bits per heavy atom. The lowest BCUT2D eigenvalue weighted by Crippen LogP contribution is -2.62. The van der Waals surface area contributed by atoms with Crippen molar-refractivity contribution in [2.45, 2.75) is 203 Å². The number of benzene rings is 1. The summed E-state index contributed by atoms with van der Waals surface area (Å²) in [5, 5.41) is 108. The number of carbonyl (C=O) groups excluding carboxylic acids is 14. The first-order valence-corrected chi connectivity index (χ1v) is 33.4. The topological polar surface area (TPSA) is 718 Å². The zero-order valence-electron chi connectivity index (χ0n) is 59.1. The van der Waals surface area contributed by atoms with Gasteiger partial charge in [0.2, 0.25) is 82.7 Å². The number of nitrogens with zero attached hydrogens (tertiary/aromatic N) is 1. The normalized spacial score (nSPS) is 16.7. The van der Waals surface area contributed by atoms with Gasteiger partial charge in [-0.05, 0) is 96.8 Å². The highest BCUT2D eigenvalue weighted by Gasteiger charge is 2.40. The summed E-state index contributed by atoms with van der Waals surface area (Å²) in [6, 6.07) is -15.6. The molecule has 1 aromatic rings. The number of phenols is 1. The smallest absolute Gasteiger partial charge is 0.325 e. The number of rotatable bonds is 45. The van der Waals surface area contributed by atoms with Crippen LogP contribution in [0, 0.1) is 16.7 Å². The second-order valence-corrected chi connectivity index (χ2v) is 25.0. The Labute approximate surface area is 602 Å². The summed E-state index contributed by atoms with van der Waals surface area (Å²) in [7, 11) is 0. The van der Waals surface area contributed by atoms with Gasteiger partial charge in [-0.1, -0.05) is 32.4 Å². The Balaban J connectivity index is 2.46. The standard InChI is InChI=1S/C62H101N21O22/c1-8-27(2)46(58(102)73-28(3)48(92)74-30(5)60(104)105)81-59(103)47(32(7)86)82-55(99)37(22-33-15-17-34(87)18-16-33)78-52(96)35(12-9-19-69-61(65)66)75-51(95)36(13-10-20-70-62(67)68)76-56(100)41-14-11-21-83(41)43(89)25-71-50(94)40(26-84)80-54(98)39(24-44(90)91)79-53(97)38(23-42(63)88)77-49(93)29(4)72-57(101)45(64)31(6)85/h15-18,27-32,35-41,45-47,84-87H,8-14,19-26,64H2,1-7H3,(H2,63,88)(H,71,94)(H,72,101)(H,73,102)(H,74,92)(H,75,95)(H,76,100)(H,77,93)(H,78,96)(H,79,97)(H,80,98)(H,81,103)(H,82,99)(H,90,91)(H,104,105)(H4,65,66,69)(H4,67,68,70)/t27-,28-,29-,30-,31+,32+,35-,36-,37-,38-,39-,40-,41-,45-,46-,47-/m0/s1. The van der Waals surface area contributed by atoms with Crippen LogP contribution in [0.1, 0.15) is 112 Å². The Bertz CT molecular complexity index is 3270. The molecule has 43 nitrogen and oxygen atoms in total. The van der Waals surface area contributed by atoms with Crippen molar-refractivity contribution >= 4 is 107 Å². The Morgan fingerprint density at radius 1 is 0.524 bits per heavy atom. The van der Waals surface area contributed by atoms with Crippen LogP contribution in [0.15, 0.2) is 24.3 Å². The molecule has 105 heavy (non-hydrogen) atoms. The van der Waals surface area contributed by atoms with Crippen LogP contribution in [-0.4, -0.2) is 266 Å². The molecule has 0 spiro atoms. The average Bonchev–Trinajstić information content (AvgIpc) is 1.79. The molecule has 0 radical (unpaired) electrons. The maximum absolute atomic E-state index is 14.7. The molecule has 0 bridgehead atoms. The third-order valence-electron chi connectivity index (χ3n) is 16.3. The lowest BCUT2D eigenvalue weighted by Gasteiger charge is -2.30. The summed E-state index contributed by atoms with van der Waals surface area (Å²) in [6.07, 6.45) is -5.58. The Morgan fingerprint density at radius 3 is 1.47 bits per heavy atom. The summed E-state index contributed by atoms with van der Waals surface area (Å²) in [4.78, 5) is 214. The number of aromatic hydroxyl groups is 1.